The van der Waals surface area contributed by atoms with Gasteiger partial charge in [0.25, 0.3) is 11.8 Å². The molecule has 0 atom stereocenters. The molecular formula is C19H21N3O5S. The van der Waals surface area contributed by atoms with Crippen molar-refractivity contribution in [3.63, 3.8) is 0 Å². The molecule has 0 aromatic carbocycles. The first-order valence-corrected chi connectivity index (χ1v) is 9.66. The lowest BCUT2D eigenvalue weighted by atomic mass is 10.1. The third-order valence-corrected chi connectivity index (χ3v) is 4.44. The lowest BCUT2D eigenvalue weighted by molar-refractivity contribution is -0.118. The molecule has 9 heteroatoms. The Morgan fingerprint density at radius 3 is 2.64 bits per heavy atom. The molecule has 3 amide bonds. The van der Waals surface area contributed by atoms with Gasteiger partial charge in [-0.05, 0) is 36.9 Å². The molecule has 0 bridgehead atoms. The second-order valence-electron chi connectivity index (χ2n) is 5.79. The maximum atomic E-state index is 12.5. The van der Waals surface area contributed by atoms with Crippen LogP contribution in [-0.4, -0.2) is 35.3 Å². The number of nitrogens with zero attached hydrogens (tertiary/aromatic N) is 1. The van der Waals surface area contributed by atoms with E-state index in [1.807, 2.05) is 6.92 Å². The van der Waals surface area contributed by atoms with Gasteiger partial charge >= 0.3 is 6.09 Å². The fraction of sp³-hybridized carbons (Fsp3) is 0.316. The minimum absolute atomic E-state index is 0.0590. The molecule has 0 aliphatic carbocycles. The third kappa shape index (κ3) is 5.98. The normalized spacial score (nSPS) is 10.2. The Hall–Kier alpha value is -3.07. The third-order valence-electron chi connectivity index (χ3n) is 3.61. The van der Waals surface area contributed by atoms with E-state index in [2.05, 4.69) is 20.4 Å². The number of alkyl carbamates (subject to hydrolysis) is 1. The van der Waals surface area contributed by atoms with Gasteiger partial charge in [-0.15, -0.1) is 11.3 Å². The Morgan fingerprint density at radius 1 is 1.14 bits per heavy atom. The zero-order chi connectivity index (χ0) is 20.5. The minimum Gasteiger partial charge on any atom is -0.450 e. The first kappa shape index (κ1) is 21.2. The molecule has 2 aromatic heterocycles. The highest BCUT2D eigenvalue weighted by Crippen LogP contribution is 2.24. The summed E-state index contributed by atoms with van der Waals surface area (Å²) < 4.78 is 4.67. The highest BCUT2D eigenvalue weighted by atomic mass is 32.1. The minimum atomic E-state index is -0.855. The molecule has 2 N–H and O–H groups in total. The summed E-state index contributed by atoms with van der Waals surface area (Å²) in [7, 11) is 0. The number of carbonyl (C=O) groups excluding carboxylic acids is 4. The lowest BCUT2D eigenvalue weighted by Crippen LogP contribution is -2.31. The van der Waals surface area contributed by atoms with Crippen molar-refractivity contribution in [3.05, 3.63) is 46.6 Å². The fourth-order valence-electron chi connectivity index (χ4n) is 2.37. The van der Waals surface area contributed by atoms with E-state index in [9.17, 15) is 19.2 Å². The van der Waals surface area contributed by atoms with E-state index in [0.717, 1.165) is 17.8 Å². The van der Waals surface area contributed by atoms with Gasteiger partial charge in [0.15, 0.2) is 0 Å². The predicted molar refractivity (Wildman–Crippen MR) is 105 cm³/mol. The van der Waals surface area contributed by atoms with Crippen LogP contribution < -0.4 is 10.6 Å². The Bertz CT molecular complexity index is 878. The number of thiophene rings is 1. The molecule has 0 saturated heterocycles. The average Bonchev–Trinajstić information content (AvgIpc) is 3.10. The second kappa shape index (κ2) is 10.3. The van der Waals surface area contributed by atoms with Gasteiger partial charge in [-0.2, -0.15) is 0 Å². The van der Waals surface area contributed by atoms with Crippen molar-refractivity contribution in [2.45, 2.75) is 33.1 Å². The Kier molecular flexibility index (Phi) is 7.82. The summed E-state index contributed by atoms with van der Waals surface area (Å²) in [6, 6.07) is 4.57. The standard InChI is InChI=1S/C19H21N3O5S/c1-3-5-14(23)11-13-10-12(6-8-20-13)16(24)21-18-15(7-9-28-18)17(25)22-19(26)27-4-2/h6-10H,3-5,11H2,1-2H3,(H,21,24)(H,22,25,26). The molecule has 2 rings (SSSR count). The number of Topliss-reactive ketones (excluding diaryl/α,β-unsaturated/α-hetero) is 1. The highest BCUT2D eigenvalue weighted by Gasteiger charge is 2.18. The van der Waals surface area contributed by atoms with Crippen molar-refractivity contribution >= 4 is 40.0 Å². The van der Waals surface area contributed by atoms with Gasteiger partial charge in [0, 0.05) is 30.3 Å². The maximum absolute atomic E-state index is 12.5. The van der Waals surface area contributed by atoms with Crippen LogP contribution in [0.5, 0.6) is 0 Å². The quantitative estimate of drug-likeness (QED) is 0.700. The number of ketones is 1. The van der Waals surface area contributed by atoms with Crippen LogP contribution in [0.15, 0.2) is 29.8 Å². The van der Waals surface area contributed by atoms with Gasteiger partial charge in [-0.3, -0.25) is 24.7 Å². The lowest BCUT2D eigenvalue weighted by Gasteiger charge is -2.08. The van der Waals surface area contributed by atoms with Crippen molar-refractivity contribution in [2.75, 3.05) is 11.9 Å². The van der Waals surface area contributed by atoms with E-state index < -0.39 is 17.9 Å². The number of carbonyl (C=O) groups is 4. The number of anilines is 1. The van der Waals surface area contributed by atoms with Gasteiger partial charge in [0.1, 0.15) is 10.8 Å². The smallest absolute Gasteiger partial charge is 0.414 e. The van der Waals surface area contributed by atoms with Crippen LogP contribution >= 0.6 is 11.3 Å². The van der Waals surface area contributed by atoms with Crippen molar-refractivity contribution in [1.29, 1.82) is 0 Å². The molecule has 0 radical (unpaired) electrons. The van der Waals surface area contributed by atoms with Crippen molar-refractivity contribution < 1.29 is 23.9 Å². The van der Waals surface area contributed by atoms with E-state index in [-0.39, 0.29) is 24.4 Å². The van der Waals surface area contributed by atoms with Gasteiger partial charge < -0.3 is 10.1 Å². The summed E-state index contributed by atoms with van der Waals surface area (Å²) >= 11 is 1.15. The maximum Gasteiger partial charge on any atom is 0.414 e. The largest absolute Gasteiger partial charge is 0.450 e. The van der Waals surface area contributed by atoms with Crippen LogP contribution in [-0.2, 0) is 16.0 Å². The fourth-order valence-corrected chi connectivity index (χ4v) is 3.15. The van der Waals surface area contributed by atoms with Gasteiger partial charge in [-0.25, -0.2) is 4.79 Å². The molecular weight excluding hydrogens is 382 g/mol. The van der Waals surface area contributed by atoms with Crippen LogP contribution in [0.3, 0.4) is 0 Å². The number of ether oxygens (including phenoxy) is 1. The van der Waals surface area contributed by atoms with E-state index in [1.165, 1.54) is 18.3 Å². The summed E-state index contributed by atoms with van der Waals surface area (Å²) in [4.78, 5) is 52.0. The van der Waals surface area contributed by atoms with Crippen LogP contribution in [0.2, 0.25) is 0 Å². The Morgan fingerprint density at radius 2 is 1.93 bits per heavy atom. The van der Waals surface area contributed by atoms with E-state index in [0.29, 0.717) is 22.7 Å². The average molecular weight is 403 g/mol. The van der Waals surface area contributed by atoms with Gasteiger partial charge in [-0.1, -0.05) is 6.92 Å². The number of hydrogen-bond donors (Lipinski definition) is 2. The topological polar surface area (TPSA) is 114 Å². The van der Waals surface area contributed by atoms with Gasteiger partial charge in [0.05, 0.1) is 12.2 Å². The molecule has 148 valence electrons. The van der Waals surface area contributed by atoms with Crippen LogP contribution in [0, 0.1) is 0 Å². The Labute approximate surface area is 166 Å². The molecule has 2 aromatic rings. The summed E-state index contributed by atoms with van der Waals surface area (Å²) in [6.45, 7) is 3.68. The van der Waals surface area contributed by atoms with Crippen molar-refractivity contribution in [2.24, 2.45) is 0 Å². The van der Waals surface area contributed by atoms with Crippen molar-refractivity contribution in [1.82, 2.24) is 10.3 Å². The number of nitrogens with one attached hydrogen (secondary N) is 2. The number of rotatable bonds is 8. The highest BCUT2D eigenvalue weighted by molar-refractivity contribution is 7.14. The van der Waals surface area contributed by atoms with Crippen LogP contribution in [0.4, 0.5) is 9.80 Å². The molecule has 0 aliphatic heterocycles. The number of pyridine rings is 1. The number of hydrogen-bond acceptors (Lipinski definition) is 7. The molecule has 2 heterocycles. The summed E-state index contributed by atoms with van der Waals surface area (Å²) in [5.41, 5.74) is 0.982. The summed E-state index contributed by atoms with van der Waals surface area (Å²) in [5.74, 6) is -1.06. The van der Waals surface area contributed by atoms with Crippen molar-refractivity contribution in [3.8, 4) is 0 Å². The first-order valence-electron chi connectivity index (χ1n) is 8.78. The van der Waals surface area contributed by atoms with Crippen LogP contribution in [0.1, 0.15) is 53.1 Å². The molecule has 0 aliphatic rings. The number of imide groups is 1. The molecule has 8 nitrogen and oxygen atoms in total. The predicted octanol–water partition coefficient (Wildman–Crippen LogP) is 3.19. The van der Waals surface area contributed by atoms with E-state index in [4.69, 9.17) is 0 Å². The number of amides is 3. The number of aromatic nitrogens is 1. The monoisotopic (exact) mass is 403 g/mol. The summed E-state index contributed by atoms with van der Waals surface area (Å²) in [5, 5.41) is 6.66. The molecule has 0 saturated carbocycles. The van der Waals surface area contributed by atoms with Gasteiger partial charge in [0.2, 0.25) is 0 Å². The van der Waals surface area contributed by atoms with Crippen LogP contribution in [0.25, 0.3) is 0 Å². The summed E-state index contributed by atoms with van der Waals surface area (Å²) in [6.07, 6.45) is 2.00. The second-order valence-corrected chi connectivity index (χ2v) is 6.71. The SMILES string of the molecule is CCCC(=O)Cc1cc(C(=O)Nc2sccc2C(=O)NC(=O)OCC)ccn1. The molecule has 0 fully saturated rings. The first-order chi connectivity index (χ1) is 13.4. The molecule has 28 heavy (non-hydrogen) atoms. The zero-order valence-corrected chi connectivity index (χ0v) is 16.4. The molecule has 0 unspecified atom stereocenters. The Balaban J connectivity index is 2.08. The zero-order valence-electron chi connectivity index (χ0n) is 15.6. The van der Waals surface area contributed by atoms with E-state index >= 15 is 0 Å². The van der Waals surface area contributed by atoms with E-state index in [1.54, 1.807) is 18.4 Å². The molecule has 0 spiro atoms.